The van der Waals surface area contributed by atoms with E-state index in [9.17, 15) is 8.42 Å². The number of nitrogens with one attached hydrogen (secondary N) is 2. The predicted octanol–water partition coefficient (Wildman–Crippen LogP) is 1.16. The molecule has 1 unspecified atom stereocenters. The van der Waals surface area contributed by atoms with E-state index in [4.69, 9.17) is 5.26 Å². The SMILES string of the molecule is N#CC(NS(=O)(=O)c1cn[nH]c1)C1CCCCC1. The molecular formula is C11H16N4O2S. The summed E-state index contributed by atoms with van der Waals surface area (Å²) >= 11 is 0. The van der Waals surface area contributed by atoms with Gasteiger partial charge in [0.05, 0.1) is 12.3 Å². The van der Waals surface area contributed by atoms with Gasteiger partial charge in [-0.1, -0.05) is 19.3 Å². The molecule has 0 radical (unpaired) electrons. The minimum Gasteiger partial charge on any atom is -0.284 e. The van der Waals surface area contributed by atoms with E-state index in [1.165, 1.54) is 18.8 Å². The quantitative estimate of drug-likeness (QED) is 0.856. The first-order chi connectivity index (χ1) is 8.63. The van der Waals surface area contributed by atoms with Crippen molar-refractivity contribution in [2.75, 3.05) is 0 Å². The molecule has 0 aromatic carbocycles. The molecule has 0 amide bonds. The van der Waals surface area contributed by atoms with Crippen LogP contribution in [0.2, 0.25) is 0 Å². The van der Waals surface area contributed by atoms with E-state index in [1.807, 2.05) is 0 Å². The number of nitriles is 1. The summed E-state index contributed by atoms with van der Waals surface area (Å²) in [5, 5.41) is 15.2. The highest BCUT2D eigenvalue weighted by atomic mass is 32.2. The molecule has 1 heterocycles. The number of nitrogens with zero attached hydrogens (tertiary/aromatic N) is 2. The van der Waals surface area contributed by atoms with Crippen LogP contribution in [0.15, 0.2) is 17.3 Å². The third-order valence-electron chi connectivity index (χ3n) is 3.33. The molecule has 1 fully saturated rings. The Balaban J connectivity index is 2.09. The first-order valence-corrected chi connectivity index (χ1v) is 7.52. The molecular weight excluding hydrogens is 252 g/mol. The topological polar surface area (TPSA) is 98.6 Å². The Morgan fingerprint density at radius 3 is 2.72 bits per heavy atom. The number of hydrogen-bond donors (Lipinski definition) is 2. The molecule has 0 aliphatic heterocycles. The van der Waals surface area contributed by atoms with Crippen LogP contribution in [0.25, 0.3) is 0 Å². The van der Waals surface area contributed by atoms with Crippen LogP contribution in [0.1, 0.15) is 32.1 Å². The smallest absolute Gasteiger partial charge is 0.244 e. The normalized spacial score (nSPS) is 19.3. The lowest BCUT2D eigenvalue weighted by molar-refractivity contribution is 0.324. The Labute approximate surface area is 106 Å². The fourth-order valence-electron chi connectivity index (χ4n) is 2.32. The van der Waals surface area contributed by atoms with Crippen LogP contribution < -0.4 is 4.72 Å². The fourth-order valence-corrected chi connectivity index (χ4v) is 3.43. The number of aromatic nitrogens is 2. The van der Waals surface area contributed by atoms with Gasteiger partial charge in [-0.25, -0.2) is 8.42 Å². The standard InChI is InChI=1S/C11H16N4O2S/c12-6-11(9-4-2-1-3-5-9)15-18(16,17)10-7-13-14-8-10/h7-9,11,15H,1-5H2,(H,13,14). The van der Waals surface area contributed by atoms with Crippen molar-refractivity contribution in [2.24, 2.45) is 5.92 Å². The van der Waals surface area contributed by atoms with E-state index in [0.29, 0.717) is 0 Å². The second-order valence-corrected chi connectivity index (χ2v) is 6.27. The van der Waals surface area contributed by atoms with Gasteiger partial charge in [0, 0.05) is 6.20 Å². The van der Waals surface area contributed by atoms with E-state index < -0.39 is 16.1 Å². The molecule has 1 aliphatic rings. The van der Waals surface area contributed by atoms with Crippen LogP contribution in [0, 0.1) is 17.2 Å². The third kappa shape index (κ3) is 2.89. The average molecular weight is 268 g/mol. The molecule has 1 aromatic rings. The maximum atomic E-state index is 12.0. The van der Waals surface area contributed by atoms with Crippen molar-refractivity contribution in [1.29, 1.82) is 5.26 Å². The van der Waals surface area contributed by atoms with Gasteiger partial charge in [-0.3, -0.25) is 5.10 Å². The van der Waals surface area contributed by atoms with Gasteiger partial charge in [0.2, 0.25) is 10.0 Å². The summed E-state index contributed by atoms with van der Waals surface area (Å²) in [6.45, 7) is 0. The second-order valence-electron chi connectivity index (χ2n) is 4.56. The van der Waals surface area contributed by atoms with Gasteiger partial charge < -0.3 is 0 Å². The summed E-state index contributed by atoms with van der Waals surface area (Å²) < 4.78 is 26.4. The lowest BCUT2D eigenvalue weighted by Gasteiger charge is -2.25. The molecule has 98 valence electrons. The van der Waals surface area contributed by atoms with Crippen LogP contribution in [-0.2, 0) is 10.0 Å². The summed E-state index contributed by atoms with van der Waals surface area (Å²) in [5.74, 6) is 0.116. The maximum absolute atomic E-state index is 12.0. The Bertz CT molecular complexity index is 512. The van der Waals surface area contributed by atoms with Crippen LogP contribution in [0.3, 0.4) is 0 Å². The van der Waals surface area contributed by atoms with Gasteiger partial charge >= 0.3 is 0 Å². The van der Waals surface area contributed by atoms with Crippen molar-refractivity contribution in [3.63, 3.8) is 0 Å². The highest BCUT2D eigenvalue weighted by molar-refractivity contribution is 7.89. The molecule has 7 heteroatoms. The van der Waals surface area contributed by atoms with Crippen molar-refractivity contribution in [2.45, 2.75) is 43.0 Å². The first kappa shape index (κ1) is 13.1. The molecule has 2 rings (SSSR count). The molecule has 1 aliphatic carbocycles. The molecule has 1 atom stereocenters. The lowest BCUT2D eigenvalue weighted by atomic mass is 9.85. The van der Waals surface area contributed by atoms with Crippen molar-refractivity contribution in [3.8, 4) is 6.07 Å². The monoisotopic (exact) mass is 268 g/mol. The second kappa shape index (κ2) is 5.50. The summed E-state index contributed by atoms with van der Waals surface area (Å²) in [6.07, 6.45) is 7.66. The van der Waals surface area contributed by atoms with Crippen molar-refractivity contribution >= 4 is 10.0 Å². The van der Waals surface area contributed by atoms with Crippen molar-refractivity contribution in [3.05, 3.63) is 12.4 Å². The van der Waals surface area contributed by atoms with Crippen LogP contribution >= 0.6 is 0 Å². The Morgan fingerprint density at radius 1 is 1.44 bits per heavy atom. The molecule has 0 spiro atoms. The summed E-state index contributed by atoms with van der Waals surface area (Å²) in [6, 6.07) is 1.42. The summed E-state index contributed by atoms with van der Waals surface area (Å²) in [7, 11) is -3.64. The molecule has 2 N–H and O–H groups in total. The summed E-state index contributed by atoms with van der Waals surface area (Å²) in [5.41, 5.74) is 0. The van der Waals surface area contributed by atoms with Gasteiger partial charge in [-0.2, -0.15) is 15.1 Å². The van der Waals surface area contributed by atoms with Crippen molar-refractivity contribution < 1.29 is 8.42 Å². The maximum Gasteiger partial charge on any atom is 0.244 e. The van der Waals surface area contributed by atoms with Gasteiger partial charge in [0.15, 0.2) is 0 Å². The predicted molar refractivity (Wildman–Crippen MR) is 64.9 cm³/mol. The third-order valence-corrected chi connectivity index (χ3v) is 4.73. The minimum absolute atomic E-state index is 0.0681. The van der Waals surface area contributed by atoms with Crippen molar-refractivity contribution in [1.82, 2.24) is 14.9 Å². The molecule has 18 heavy (non-hydrogen) atoms. The zero-order chi connectivity index (χ0) is 13.0. The number of hydrogen-bond acceptors (Lipinski definition) is 4. The van der Waals surface area contributed by atoms with Crippen LogP contribution in [-0.4, -0.2) is 24.7 Å². The highest BCUT2D eigenvalue weighted by Gasteiger charge is 2.28. The van der Waals surface area contributed by atoms with E-state index in [0.717, 1.165) is 25.7 Å². The Morgan fingerprint density at radius 2 is 2.17 bits per heavy atom. The van der Waals surface area contributed by atoms with E-state index in [-0.39, 0.29) is 10.8 Å². The number of rotatable bonds is 4. The Hall–Kier alpha value is -1.39. The van der Waals surface area contributed by atoms with Crippen LogP contribution in [0.5, 0.6) is 0 Å². The zero-order valence-electron chi connectivity index (χ0n) is 9.96. The number of sulfonamides is 1. The molecule has 0 saturated heterocycles. The van der Waals surface area contributed by atoms with Gasteiger partial charge in [-0.05, 0) is 18.8 Å². The largest absolute Gasteiger partial charge is 0.284 e. The average Bonchev–Trinajstić information content (AvgIpc) is 2.92. The van der Waals surface area contributed by atoms with Gasteiger partial charge in [-0.15, -0.1) is 0 Å². The molecule has 1 saturated carbocycles. The zero-order valence-corrected chi connectivity index (χ0v) is 10.8. The first-order valence-electron chi connectivity index (χ1n) is 6.04. The van der Waals surface area contributed by atoms with E-state index in [2.05, 4.69) is 21.0 Å². The molecule has 0 bridgehead atoms. The van der Waals surface area contributed by atoms with Gasteiger partial charge in [0.1, 0.15) is 10.9 Å². The lowest BCUT2D eigenvalue weighted by Crippen LogP contribution is -2.39. The fraction of sp³-hybridized carbons (Fsp3) is 0.636. The van der Waals surface area contributed by atoms with E-state index in [1.54, 1.807) is 0 Å². The van der Waals surface area contributed by atoms with Crippen LogP contribution in [0.4, 0.5) is 0 Å². The summed E-state index contributed by atoms with van der Waals surface area (Å²) in [4.78, 5) is 0.0681. The Kier molecular flexibility index (Phi) is 3.99. The molecule has 6 nitrogen and oxygen atoms in total. The van der Waals surface area contributed by atoms with E-state index >= 15 is 0 Å². The highest BCUT2D eigenvalue weighted by Crippen LogP contribution is 2.27. The van der Waals surface area contributed by atoms with Gasteiger partial charge in [0.25, 0.3) is 0 Å². The number of aromatic amines is 1. The molecule has 1 aromatic heterocycles. The number of H-pyrrole nitrogens is 1. The minimum atomic E-state index is -3.64.